The van der Waals surface area contributed by atoms with Gasteiger partial charge in [-0.2, -0.15) is 0 Å². The van der Waals surface area contributed by atoms with Crippen molar-refractivity contribution in [1.82, 2.24) is 15.2 Å². The number of hydrogen-bond acceptors (Lipinski definition) is 5. The smallest absolute Gasteiger partial charge is 0.252 e. The van der Waals surface area contributed by atoms with Gasteiger partial charge in [-0.1, -0.05) is 18.2 Å². The van der Waals surface area contributed by atoms with E-state index in [1.807, 2.05) is 6.92 Å². The molecule has 30 heavy (non-hydrogen) atoms. The maximum absolute atomic E-state index is 11.6. The topological polar surface area (TPSA) is 114 Å². The summed E-state index contributed by atoms with van der Waals surface area (Å²) in [6.07, 6.45) is 7.90. The minimum absolute atomic E-state index is 0.150. The van der Waals surface area contributed by atoms with Crippen LogP contribution in [0.3, 0.4) is 0 Å². The number of pyridine rings is 1. The van der Waals surface area contributed by atoms with Crippen molar-refractivity contribution < 1.29 is 9.59 Å². The van der Waals surface area contributed by atoms with Gasteiger partial charge < -0.3 is 21.7 Å². The number of aromatic nitrogens is 1. The molecule has 3 rings (SSSR count). The Kier molecular flexibility index (Phi) is 7.41. The fourth-order valence-corrected chi connectivity index (χ4v) is 4.21. The molecule has 1 saturated heterocycles. The molecule has 1 unspecified atom stereocenters. The second-order valence-corrected chi connectivity index (χ2v) is 7.97. The van der Waals surface area contributed by atoms with Crippen molar-refractivity contribution in [3.8, 4) is 11.1 Å². The van der Waals surface area contributed by atoms with Gasteiger partial charge in [-0.3, -0.25) is 9.59 Å². The third-order valence-corrected chi connectivity index (χ3v) is 5.93. The first-order valence-electron chi connectivity index (χ1n) is 10.6. The summed E-state index contributed by atoms with van der Waals surface area (Å²) in [6, 6.07) is 8.60. The van der Waals surface area contributed by atoms with Gasteiger partial charge in [0, 0.05) is 24.3 Å². The highest BCUT2D eigenvalue weighted by Gasteiger charge is 2.21. The lowest BCUT2D eigenvalue weighted by atomic mass is 9.95. The van der Waals surface area contributed by atoms with Gasteiger partial charge in [0.05, 0.1) is 5.56 Å². The van der Waals surface area contributed by atoms with Crippen LogP contribution >= 0.6 is 0 Å². The van der Waals surface area contributed by atoms with Crippen molar-refractivity contribution >= 4 is 18.1 Å². The first-order valence-corrected chi connectivity index (χ1v) is 10.6. The van der Waals surface area contributed by atoms with Crippen molar-refractivity contribution in [1.29, 1.82) is 0 Å². The van der Waals surface area contributed by atoms with E-state index >= 15 is 0 Å². The van der Waals surface area contributed by atoms with Crippen LogP contribution in [0.1, 0.15) is 47.2 Å². The highest BCUT2D eigenvalue weighted by molar-refractivity contribution is 5.98. The number of likely N-dealkylation sites (tertiary alicyclic amines) is 1. The van der Waals surface area contributed by atoms with Gasteiger partial charge in [0.15, 0.2) is 0 Å². The van der Waals surface area contributed by atoms with Gasteiger partial charge >= 0.3 is 0 Å². The number of nitrogens with two attached hydrogens (primary N) is 2. The molecule has 7 nitrogen and oxygen atoms in total. The second-order valence-electron chi connectivity index (χ2n) is 7.97. The van der Waals surface area contributed by atoms with Crippen LogP contribution in [0.5, 0.6) is 0 Å². The Morgan fingerprint density at radius 2 is 2.03 bits per heavy atom. The summed E-state index contributed by atoms with van der Waals surface area (Å²) in [6.45, 7) is 5.02. The summed E-state index contributed by atoms with van der Waals surface area (Å²) in [7, 11) is 0. The van der Waals surface area contributed by atoms with E-state index in [4.69, 9.17) is 11.5 Å². The number of benzene rings is 1. The van der Waals surface area contributed by atoms with Gasteiger partial charge in [0.1, 0.15) is 5.82 Å². The number of nitrogens with zero attached hydrogens (tertiary/aromatic N) is 2. The number of rotatable bonds is 10. The molecular formula is C23H31N5O2. The number of primary amides is 1. The molecule has 0 radical (unpaired) electrons. The van der Waals surface area contributed by atoms with Crippen molar-refractivity contribution in [2.24, 2.45) is 5.73 Å². The van der Waals surface area contributed by atoms with Gasteiger partial charge in [-0.05, 0) is 74.9 Å². The fraction of sp³-hybridized carbons (Fsp3) is 0.435. The maximum Gasteiger partial charge on any atom is 0.252 e. The number of carbonyl (C=O) groups is 2. The van der Waals surface area contributed by atoms with Crippen molar-refractivity contribution in [2.45, 2.75) is 45.1 Å². The summed E-state index contributed by atoms with van der Waals surface area (Å²) in [4.78, 5) is 28.9. The van der Waals surface area contributed by atoms with E-state index in [2.05, 4.69) is 33.4 Å². The van der Waals surface area contributed by atoms with E-state index in [0.29, 0.717) is 12.6 Å². The molecule has 1 fully saturated rings. The standard InChI is InChI=1S/C23H31N5O2/c1-16-4-5-17(6-7-19(8-9-26-15-29)28-10-2-3-11-28)12-20(16)18-13-21(23(25)30)22(24)27-14-18/h4-5,12-15,19H,2-3,6-11H2,1H3,(H2,24,27)(H2,25,30)(H,26,29). The lowest BCUT2D eigenvalue weighted by Gasteiger charge is -2.27. The maximum atomic E-state index is 11.6. The zero-order valence-corrected chi connectivity index (χ0v) is 17.6. The lowest BCUT2D eigenvalue weighted by Crippen LogP contribution is -2.35. The number of nitrogen functional groups attached to an aromatic ring is 1. The molecule has 2 heterocycles. The lowest BCUT2D eigenvalue weighted by molar-refractivity contribution is -0.109. The number of amides is 2. The molecule has 0 bridgehead atoms. The summed E-state index contributed by atoms with van der Waals surface area (Å²) >= 11 is 0. The normalized spacial score (nSPS) is 15.1. The van der Waals surface area contributed by atoms with Gasteiger partial charge in [-0.25, -0.2) is 4.98 Å². The number of nitrogens with one attached hydrogen (secondary N) is 1. The predicted octanol–water partition coefficient (Wildman–Crippen LogP) is 2.27. The quantitative estimate of drug-likeness (QED) is 0.411. The van der Waals surface area contributed by atoms with Gasteiger partial charge in [-0.15, -0.1) is 0 Å². The summed E-state index contributed by atoms with van der Waals surface area (Å²) in [5.74, 6) is -0.425. The summed E-state index contributed by atoms with van der Waals surface area (Å²) in [5.41, 5.74) is 15.7. The van der Waals surface area contributed by atoms with E-state index in [1.165, 1.54) is 18.4 Å². The van der Waals surface area contributed by atoms with E-state index in [0.717, 1.165) is 55.5 Å². The Labute approximate surface area is 177 Å². The van der Waals surface area contributed by atoms with Crippen LogP contribution in [-0.4, -0.2) is 47.9 Å². The predicted molar refractivity (Wildman–Crippen MR) is 119 cm³/mol. The van der Waals surface area contributed by atoms with Crippen LogP contribution in [0.25, 0.3) is 11.1 Å². The Bertz CT molecular complexity index is 893. The molecule has 0 saturated carbocycles. The number of aryl methyl sites for hydroxylation is 2. The molecule has 1 aromatic carbocycles. The molecule has 5 N–H and O–H groups in total. The average Bonchev–Trinajstić information content (AvgIpc) is 3.26. The van der Waals surface area contributed by atoms with Crippen LogP contribution in [-0.2, 0) is 11.2 Å². The Hall–Kier alpha value is -2.93. The third-order valence-electron chi connectivity index (χ3n) is 5.93. The summed E-state index contributed by atoms with van der Waals surface area (Å²) < 4.78 is 0. The first-order chi connectivity index (χ1) is 14.5. The molecule has 1 aliphatic heterocycles. The average molecular weight is 410 g/mol. The number of carbonyl (C=O) groups excluding carboxylic acids is 2. The van der Waals surface area contributed by atoms with Gasteiger partial charge in [0.2, 0.25) is 6.41 Å². The Morgan fingerprint density at radius 3 is 2.73 bits per heavy atom. The van der Waals surface area contributed by atoms with Crippen LogP contribution in [0.4, 0.5) is 5.82 Å². The highest BCUT2D eigenvalue weighted by Crippen LogP contribution is 2.27. The number of anilines is 1. The van der Waals surface area contributed by atoms with E-state index in [9.17, 15) is 9.59 Å². The zero-order chi connectivity index (χ0) is 21.5. The SMILES string of the molecule is Cc1ccc(CCC(CCNC=O)N2CCCC2)cc1-c1cnc(N)c(C(N)=O)c1. The largest absolute Gasteiger partial charge is 0.383 e. The third kappa shape index (κ3) is 5.36. The Balaban J connectivity index is 1.76. The molecule has 2 aromatic rings. The molecule has 160 valence electrons. The fourth-order valence-electron chi connectivity index (χ4n) is 4.21. The second kappa shape index (κ2) is 10.2. The van der Waals surface area contributed by atoms with Crippen molar-refractivity contribution in [3.63, 3.8) is 0 Å². The molecule has 0 spiro atoms. The Morgan fingerprint density at radius 1 is 1.27 bits per heavy atom. The molecular weight excluding hydrogens is 378 g/mol. The highest BCUT2D eigenvalue weighted by atomic mass is 16.1. The minimum Gasteiger partial charge on any atom is -0.383 e. The van der Waals surface area contributed by atoms with Crippen LogP contribution in [0, 0.1) is 6.92 Å². The molecule has 1 aromatic heterocycles. The van der Waals surface area contributed by atoms with Crippen LogP contribution < -0.4 is 16.8 Å². The van der Waals surface area contributed by atoms with Crippen LogP contribution in [0.15, 0.2) is 30.5 Å². The molecule has 7 heteroatoms. The van der Waals surface area contributed by atoms with E-state index < -0.39 is 5.91 Å². The minimum atomic E-state index is -0.576. The molecule has 1 atom stereocenters. The molecule has 0 aliphatic carbocycles. The number of hydrogen-bond donors (Lipinski definition) is 3. The van der Waals surface area contributed by atoms with Gasteiger partial charge in [0.25, 0.3) is 5.91 Å². The molecule has 2 amide bonds. The summed E-state index contributed by atoms with van der Waals surface area (Å²) in [5, 5.41) is 2.80. The first kappa shape index (κ1) is 21.8. The van der Waals surface area contributed by atoms with E-state index in [1.54, 1.807) is 12.3 Å². The van der Waals surface area contributed by atoms with Crippen LogP contribution in [0.2, 0.25) is 0 Å². The monoisotopic (exact) mass is 409 g/mol. The van der Waals surface area contributed by atoms with Crippen molar-refractivity contribution in [3.05, 3.63) is 47.2 Å². The molecule has 1 aliphatic rings. The zero-order valence-electron chi connectivity index (χ0n) is 17.6. The van der Waals surface area contributed by atoms with Crippen molar-refractivity contribution in [2.75, 3.05) is 25.4 Å². The van der Waals surface area contributed by atoms with E-state index in [-0.39, 0.29) is 11.4 Å².